The van der Waals surface area contributed by atoms with Crippen molar-refractivity contribution >= 4 is 22.8 Å². The van der Waals surface area contributed by atoms with Crippen LogP contribution in [0.25, 0.3) is 11.0 Å². The number of anilines is 2. The normalized spacial score (nSPS) is 15.7. The van der Waals surface area contributed by atoms with Gasteiger partial charge in [-0.2, -0.15) is 9.97 Å². The van der Waals surface area contributed by atoms with Crippen molar-refractivity contribution in [1.82, 2.24) is 24.8 Å². The fourth-order valence-electron chi connectivity index (χ4n) is 3.69. The van der Waals surface area contributed by atoms with Gasteiger partial charge >= 0.3 is 0 Å². The Kier molecular flexibility index (Phi) is 5.34. The van der Waals surface area contributed by atoms with E-state index in [1.54, 1.807) is 12.4 Å². The zero-order valence-corrected chi connectivity index (χ0v) is 16.7. The highest BCUT2D eigenvalue weighted by atomic mass is 15.2. The summed E-state index contributed by atoms with van der Waals surface area (Å²) in [6, 6.07) is 6.48. The molecule has 7 nitrogen and oxygen atoms in total. The van der Waals surface area contributed by atoms with Gasteiger partial charge in [-0.05, 0) is 76.2 Å². The van der Waals surface area contributed by atoms with E-state index in [4.69, 9.17) is 9.97 Å². The van der Waals surface area contributed by atoms with Gasteiger partial charge in [0, 0.05) is 30.7 Å². The quantitative estimate of drug-likeness (QED) is 0.707. The minimum absolute atomic E-state index is 0.396. The fourth-order valence-corrected chi connectivity index (χ4v) is 3.69. The molecular formula is C21H27N7. The van der Waals surface area contributed by atoms with Crippen LogP contribution in [0.3, 0.4) is 0 Å². The van der Waals surface area contributed by atoms with Crippen LogP contribution in [-0.2, 0) is 6.54 Å². The number of nitrogens with zero attached hydrogens (tertiary/aromatic N) is 5. The summed E-state index contributed by atoms with van der Waals surface area (Å²) >= 11 is 0. The van der Waals surface area contributed by atoms with Crippen LogP contribution in [0.1, 0.15) is 29.7 Å². The Balaban J connectivity index is 1.64. The Morgan fingerprint density at radius 3 is 2.57 bits per heavy atom. The average molecular weight is 377 g/mol. The Bertz CT molecular complexity index is 950. The molecule has 1 saturated heterocycles. The molecular weight excluding hydrogens is 350 g/mol. The number of likely N-dealkylation sites (tertiary alicyclic amines) is 1. The molecule has 7 heteroatoms. The molecule has 2 N–H and O–H groups in total. The highest BCUT2D eigenvalue weighted by Crippen LogP contribution is 2.26. The van der Waals surface area contributed by atoms with Crippen molar-refractivity contribution < 1.29 is 0 Å². The van der Waals surface area contributed by atoms with E-state index in [-0.39, 0.29) is 0 Å². The van der Waals surface area contributed by atoms with E-state index in [1.807, 2.05) is 19.1 Å². The minimum atomic E-state index is 0.396. The first-order chi connectivity index (χ1) is 13.6. The Morgan fingerprint density at radius 2 is 1.82 bits per heavy atom. The number of nitrogens with one attached hydrogen (secondary N) is 2. The lowest BCUT2D eigenvalue weighted by Crippen LogP contribution is -2.37. The lowest BCUT2D eigenvalue weighted by molar-refractivity contribution is 0.263. The number of hydrogen-bond acceptors (Lipinski definition) is 7. The van der Waals surface area contributed by atoms with E-state index in [9.17, 15) is 0 Å². The molecule has 1 fully saturated rings. The molecule has 0 atom stereocenters. The van der Waals surface area contributed by atoms with Gasteiger partial charge in [-0.3, -0.25) is 4.98 Å². The van der Waals surface area contributed by atoms with Crippen molar-refractivity contribution in [3.05, 3.63) is 47.4 Å². The SMILES string of the molecule is Cc1cc(C)c2c(NCc3ccncc3)nc(NC3CCN(C)CC3)nc2n1. The number of hydrogen-bond donors (Lipinski definition) is 2. The van der Waals surface area contributed by atoms with E-state index in [0.717, 1.165) is 59.6 Å². The molecule has 0 bridgehead atoms. The van der Waals surface area contributed by atoms with E-state index in [1.165, 1.54) is 0 Å². The fraction of sp³-hybridized carbons (Fsp3) is 0.429. The Morgan fingerprint density at radius 1 is 1.07 bits per heavy atom. The van der Waals surface area contributed by atoms with E-state index < -0.39 is 0 Å². The standard InChI is InChI=1S/C21H27N7/c1-14-12-15(2)24-20-18(14)19(23-13-16-4-8-22-9-5-16)26-21(27-20)25-17-6-10-28(3)11-7-17/h4-5,8-9,12,17H,6-7,10-11,13H2,1-3H3,(H2,23,24,25,26,27). The number of pyridine rings is 2. The molecule has 0 aromatic carbocycles. The molecule has 28 heavy (non-hydrogen) atoms. The molecule has 0 amide bonds. The van der Waals surface area contributed by atoms with E-state index in [0.29, 0.717) is 18.5 Å². The molecule has 146 valence electrons. The maximum atomic E-state index is 4.82. The largest absolute Gasteiger partial charge is 0.365 e. The van der Waals surface area contributed by atoms with Crippen LogP contribution in [0, 0.1) is 13.8 Å². The van der Waals surface area contributed by atoms with Crippen LogP contribution in [-0.4, -0.2) is 51.0 Å². The molecule has 0 unspecified atom stereocenters. The highest BCUT2D eigenvalue weighted by molar-refractivity contribution is 5.90. The molecule has 0 aliphatic carbocycles. The maximum Gasteiger partial charge on any atom is 0.226 e. The summed E-state index contributed by atoms with van der Waals surface area (Å²) in [5, 5.41) is 7.99. The van der Waals surface area contributed by atoms with Crippen LogP contribution in [0.15, 0.2) is 30.6 Å². The van der Waals surface area contributed by atoms with Crippen molar-refractivity contribution in [2.45, 2.75) is 39.3 Å². The summed E-state index contributed by atoms with van der Waals surface area (Å²) in [4.78, 5) is 20.7. The van der Waals surface area contributed by atoms with Gasteiger partial charge in [0.1, 0.15) is 5.82 Å². The van der Waals surface area contributed by atoms with Crippen molar-refractivity contribution in [3.63, 3.8) is 0 Å². The summed E-state index contributed by atoms with van der Waals surface area (Å²) in [7, 11) is 2.17. The van der Waals surface area contributed by atoms with Gasteiger partial charge in [0.25, 0.3) is 0 Å². The van der Waals surface area contributed by atoms with Crippen molar-refractivity contribution in [2.75, 3.05) is 30.8 Å². The van der Waals surface area contributed by atoms with Crippen molar-refractivity contribution in [1.29, 1.82) is 0 Å². The first-order valence-corrected chi connectivity index (χ1v) is 9.82. The van der Waals surface area contributed by atoms with Crippen LogP contribution in [0.2, 0.25) is 0 Å². The molecule has 3 aromatic rings. The molecule has 4 rings (SSSR count). The second-order valence-corrected chi connectivity index (χ2v) is 7.61. The van der Waals surface area contributed by atoms with Gasteiger partial charge in [0.05, 0.1) is 5.39 Å². The van der Waals surface area contributed by atoms with Gasteiger partial charge in [-0.15, -0.1) is 0 Å². The maximum absolute atomic E-state index is 4.82. The third-order valence-electron chi connectivity index (χ3n) is 5.25. The summed E-state index contributed by atoms with van der Waals surface area (Å²) < 4.78 is 0. The second kappa shape index (κ2) is 8.06. The number of aromatic nitrogens is 4. The van der Waals surface area contributed by atoms with Gasteiger partial charge in [0.2, 0.25) is 5.95 Å². The van der Waals surface area contributed by atoms with Gasteiger partial charge in [0.15, 0.2) is 5.65 Å². The Hall–Kier alpha value is -2.80. The van der Waals surface area contributed by atoms with Gasteiger partial charge in [-0.1, -0.05) is 0 Å². The molecule has 0 saturated carbocycles. The third-order valence-corrected chi connectivity index (χ3v) is 5.25. The highest BCUT2D eigenvalue weighted by Gasteiger charge is 2.19. The van der Waals surface area contributed by atoms with Crippen molar-refractivity contribution in [3.8, 4) is 0 Å². The molecule has 1 aliphatic rings. The lowest BCUT2D eigenvalue weighted by atomic mass is 10.1. The summed E-state index contributed by atoms with van der Waals surface area (Å²) in [6.07, 6.45) is 5.80. The predicted octanol–water partition coefficient (Wildman–Crippen LogP) is 3.15. The summed E-state index contributed by atoms with van der Waals surface area (Å²) in [5.41, 5.74) is 3.99. The minimum Gasteiger partial charge on any atom is -0.365 e. The first-order valence-electron chi connectivity index (χ1n) is 9.82. The number of piperidine rings is 1. The average Bonchev–Trinajstić information content (AvgIpc) is 2.68. The zero-order chi connectivity index (χ0) is 19.5. The topological polar surface area (TPSA) is 78.9 Å². The second-order valence-electron chi connectivity index (χ2n) is 7.61. The van der Waals surface area contributed by atoms with Crippen LogP contribution < -0.4 is 10.6 Å². The van der Waals surface area contributed by atoms with Crippen LogP contribution in [0.5, 0.6) is 0 Å². The predicted molar refractivity (Wildman–Crippen MR) is 113 cm³/mol. The monoisotopic (exact) mass is 377 g/mol. The molecule has 4 heterocycles. The van der Waals surface area contributed by atoms with Gasteiger partial charge in [-0.25, -0.2) is 4.98 Å². The zero-order valence-electron chi connectivity index (χ0n) is 16.7. The third kappa shape index (κ3) is 4.20. The smallest absolute Gasteiger partial charge is 0.226 e. The first kappa shape index (κ1) is 18.6. The van der Waals surface area contributed by atoms with Crippen LogP contribution in [0.4, 0.5) is 11.8 Å². The van der Waals surface area contributed by atoms with Gasteiger partial charge < -0.3 is 15.5 Å². The molecule has 3 aromatic heterocycles. The summed E-state index contributed by atoms with van der Waals surface area (Å²) in [5.74, 6) is 1.47. The molecule has 0 radical (unpaired) electrons. The van der Waals surface area contributed by atoms with E-state index >= 15 is 0 Å². The molecule has 0 spiro atoms. The van der Waals surface area contributed by atoms with E-state index in [2.05, 4.69) is 45.5 Å². The van der Waals surface area contributed by atoms with Crippen molar-refractivity contribution in [2.24, 2.45) is 0 Å². The number of fused-ring (bicyclic) bond motifs is 1. The molecule has 1 aliphatic heterocycles. The number of rotatable bonds is 5. The lowest BCUT2D eigenvalue weighted by Gasteiger charge is -2.29. The summed E-state index contributed by atoms with van der Waals surface area (Å²) in [6.45, 7) is 6.95. The number of aryl methyl sites for hydroxylation is 2. The Labute approximate surface area is 165 Å². The van der Waals surface area contributed by atoms with Crippen LogP contribution >= 0.6 is 0 Å².